The first-order valence-corrected chi connectivity index (χ1v) is 5.33. The highest BCUT2D eigenvalue weighted by Gasteiger charge is 2.08. The van der Waals surface area contributed by atoms with E-state index >= 15 is 0 Å². The van der Waals surface area contributed by atoms with Gasteiger partial charge in [0.15, 0.2) is 5.82 Å². The molecular formula is C12H15N3O. The van der Waals surface area contributed by atoms with Crippen LogP contribution in [0.5, 0.6) is 0 Å². The highest BCUT2D eigenvalue weighted by Crippen LogP contribution is 2.10. The fourth-order valence-electron chi connectivity index (χ4n) is 1.52. The minimum atomic E-state index is -0.0678. The number of aryl methyl sites for hydroxylation is 1. The molecule has 0 aliphatic rings. The monoisotopic (exact) mass is 217 g/mol. The zero-order chi connectivity index (χ0) is 11.7. The Morgan fingerprint density at radius 2 is 2.12 bits per heavy atom. The van der Waals surface area contributed by atoms with Crippen LogP contribution >= 0.6 is 0 Å². The van der Waals surface area contributed by atoms with Crippen LogP contribution in [0.25, 0.3) is 5.82 Å². The molecule has 0 aliphatic carbocycles. The van der Waals surface area contributed by atoms with Crippen molar-refractivity contribution >= 4 is 0 Å². The third-order valence-electron chi connectivity index (χ3n) is 2.49. The molecule has 2 rings (SSSR count). The largest absolute Gasteiger partial charge is 0.293 e. The van der Waals surface area contributed by atoms with Crippen LogP contribution in [0.15, 0.2) is 29.2 Å². The Kier molecular flexibility index (Phi) is 2.64. The van der Waals surface area contributed by atoms with E-state index in [1.54, 1.807) is 12.3 Å². The SMILES string of the molecule is Cc1ccnc(-n2[nH]c(C(C)C)cc2=O)c1. The molecular weight excluding hydrogens is 202 g/mol. The second-order valence-electron chi connectivity index (χ2n) is 4.23. The van der Waals surface area contributed by atoms with E-state index < -0.39 is 0 Å². The van der Waals surface area contributed by atoms with E-state index in [9.17, 15) is 4.79 Å². The van der Waals surface area contributed by atoms with Crippen molar-refractivity contribution in [2.45, 2.75) is 26.7 Å². The Bertz CT molecular complexity index is 551. The quantitative estimate of drug-likeness (QED) is 0.836. The predicted octanol–water partition coefficient (Wildman–Crippen LogP) is 1.99. The molecule has 4 heteroatoms. The van der Waals surface area contributed by atoms with Crippen LogP contribution in [0, 0.1) is 6.92 Å². The van der Waals surface area contributed by atoms with Crippen LogP contribution in [-0.4, -0.2) is 14.8 Å². The molecule has 0 amide bonds. The maximum atomic E-state index is 11.7. The van der Waals surface area contributed by atoms with Crippen molar-refractivity contribution in [2.75, 3.05) is 0 Å². The summed E-state index contributed by atoms with van der Waals surface area (Å²) < 4.78 is 1.47. The van der Waals surface area contributed by atoms with Crippen LogP contribution in [0.4, 0.5) is 0 Å². The zero-order valence-electron chi connectivity index (χ0n) is 9.69. The topological polar surface area (TPSA) is 50.7 Å². The molecule has 1 N–H and O–H groups in total. The van der Waals surface area contributed by atoms with Crippen LogP contribution in [0.1, 0.15) is 31.0 Å². The summed E-state index contributed by atoms with van der Waals surface area (Å²) in [5.74, 6) is 0.940. The molecule has 0 saturated heterocycles. The Morgan fingerprint density at radius 1 is 1.38 bits per heavy atom. The van der Waals surface area contributed by atoms with Crippen LogP contribution in [0.3, 0.4) is 0 Å². The van der Waals surface area contributed by atoms with E-state index in [2.05, 4.69) is 10.1 Å². The lowest BCUT2D eigenvalue weighted by molar-refractivity contribution is 0.748. The minimum absolute atomic E-state index is 0.0678. The summed E-state index contributed by atoms with van der Waals surface area (Å²) in [6.45, 7) is 6.06. The number of H-pyrrole nitrogens is 1. The fraction of sp³-hybridized carbons (Fsp3) is 0.333. The average molecular weight is 217 g/mol. The van der Waals surface area contributed by atoms with Crippen molar-refractivity contribution in [3.05, 3.63) is 46.0 Å². The molecule has 2 aromatic rings. The third-order valence-corrected chi connectivity index (χ3v) is 2.49. The Labute approximate surface area is 93.9 Å². The molecule has 16 heavy (non-hydrogen) atoms. The predicted molar refractivity (Wildman–Crippen MR) is 63.0 cm³/mol. The molecule has 2 heterocycles. The van der Waals surface area contributed by atoms with Gasteiger partial charge in [0.1, 0.15) is 0 Å². The standard InChI is InChI=1S/C12H15N3O/c1-8(2)10-7-12(16)15(14-10)11-6-9(3)4-5-13-11/h4-8,14H,1-3H3. The number of aromatic amines is 1. The second kappa shape index (κ2) is 3.96. The maximum absolute atomic E-state index is 11.7. The highest BCUT2D eigenvalue weighted by molar-refractivity contribution is 5.26. The van der Waals surface area contributed by atoms with E-state index in [4.69, 9.17) is 0 Å². The number of rotatable bonds is 2. The van der Waals surface area contributed by atoms with Gasteiger partial charge in [0.25, 0.3) is 5.56 Å². The van der Waals surface area contributed by atoms with Gasteiger partial charge >= 0.3 is 0 Å². The Morgan fingerprint density at radius 3 is 2.69 bits per heavy atom. The molecule has 4 nitrogen and oxygen atoms in total. The Hall–Kier alpha value is -1.84. The summed E-state index contributed by atoms with van der Waals surface area (Å²) in [5.41, 5.74) is 1.94. The van der Waals surface area contributed by atoms with Crippen molar-refractivity contribution in [1.29, 1.82) is 0 Å². The molecule has 0 atom stereocenters. The summed E-state index contributed by atoms with van der Waals surface area (Å²) in [5, 5.41) is 3.07. The summed E-state index contributed by atoms with van der Waals surface area (Å²) in [6.07, 6.45) is 1.70. The van der Waals surface area contributed by atoms with Gasteiger partial charge in [-0.15, -0.1) is 0 Å². The lowest BCUT2D eigenvalue weighted by Crippen LogP contribution is -2.14. The van der Waals surface area contributed by atoms with Crippen LogP contribution < -0.4 is 5.56 Å². The zero-order valence-corrected chi connectivity index (χ0v) is 9.69. The molecule has 0 fully saturated rings. The summed E-state index contributed by atoms with van der Waals surface area (Å²) in [4.78, 5) is 15.9. The van der Waals surface area contributed by atoms with Crippen molar-refractivity contribution in [3.8, 4) is 5.82 Å². The van der Waals surface area contributed by atoms with Crippen molar-refractivity contribution in [3.63, 3.8) is 0 Å². The molecule has 2 aromatic heterocycles. The molecule has 0 aliphatic heterocycles. The van der Waals surface area contributed by atoms with E-state index in [1.807, 2.05) is 32.9 Å². The minimum Gasteiger partial charge on any atom is -0.293 e. The van der Waals surface area contributed by atoms with Gasteiger partial charge in [-0.2, -0.15) is 0 Å². The lowest BCUT2D eigenvalue weighted by atomic mass is 10.1. The van der Waals surface area contributed by atoms with Crippen molar-refractivity contribution < 1.29 is 0 Å². The normalized spacial score (nSPS) is 11.0. The van der Waals surface area contributed by atoms with E-state index in [0.29, 0.717) is 11.7 Å². The van der Waals surface area contributed by atoms with Crippen molar-refractivity contribution in [2.24, 2.45) is 0 Å². The molecule has 0 spiro atoms. The van der Waals surface area contributed by atoms with Gasteiger partial charge in [-0.25, -0.2) is 9.67 Å². The van der Waals surface area contributed by atoms with Crippen LogP contribution in [0.2, 0.25) is 0 Å². The van der Waals surface area contributed by atoms with Crippen molar-refractivity contribution in [1.82, 2.24) is 14.8 Å². The first-order chi connectivity index (χ1) is 7.58. The van der Waals surface area contributed by atoms with E-state index in [-0.39, 0.29) is 5.56 Å². The van der Waals surface area contributed by atoms with Gasteiger partial charge in [0.05, 0.1) is 0 Å². The molecule has 84 valence electrons. The third kappa shape index (κ3) is 1.91. The molecule has 0 radical (unpaired) electrons. The first-order valence-electron chi connectivity index (χ1n) is 5.33. The number of aromatic nitrogens is 3. The molecule has 0 bridgehead atoms. The summed E-state index contributed by atoms with van der Waals surface area (Å²) in [7, 11) is 0. The van der Waals surface area contributed by atoms with Crippen LogP contribution in [-0.2, 0) is 0 Å². The number of hydrogen-bond donors (Lipinski definition) is 1. The first kappa shape index (κ1) is 10.7. The number of nitrogens with zero attached hydrogens (tertiary/aromatic N) is 2. The Balaban J connectivity index is 2.52. The van der Waals surface area contributed by atoms with Gasteiger partial charge in [-0.3, -0.25) is 9.89 Å². The summed E-state index contributed by atoms with van der Waals surface area (Å²) >= 11 is 0. The van der Waals surface area contributed by atoms with Gasteiger partial charge in [0.2, 0.25) is 0 Å². The van der Waals surface area contributed by atoms with E-state index in [1.165, 1.54) is 4.68 Å². The van der Waals surface area contributed by atoms with Gasteiger partial charge in [-0.05, 0) is 30.5 Å². The van der Waals surface area contributed by atoms with Gasteiger partial charge < -0.3 is 0 Å². The number of hydrogen-bond acceptors (Lipinski definition) is 2. The molecule has 0 saturated carbocycles. The number of nitrogens with one attached hydrogen (secondary N) is 1. The van der Waals surface area contributed by atoms with Gasteiger partial charge in [0, 0.05) is 18.0 Å². The highest BCUT2D eigenvalue weighted by atomic mass is 16.1. The maximum Gasteiger partial charge on any atom is 0.272 e. The molecule has 0 unspecified atom stereocenters. The second-order valence-corrected chi connectivity index (χ2v) is 4.23. The summed E-state index contributed by atoms with van der Waals surface area (Å²) in [6, 6.07) is 5.40. The van der Waals surface area contributed by atoms with E-state index in [0.717, 1.165) is 11.3 Å². The average Bonchev–Trinajstić information content (AvgIpc) is 2.60. The number of pyridine rings is 1. The lowest BCUT2D eigenvalue weighted by Gasteiger charge is -2.03. The van der Waals surface area contributed by atoms with Gasteiger partial charge in [-0.1, -0.05) is 13.8 Å². The molecule has 0 aromatic carbocycles. The smallest absolute Gasteiger partial charge is 0.272 e. The fourth-order valence-corrected chi connectivity index (χ4v) is 1.52.